The van der Waals surface area contributed by atoms with Gasteiger partial charge in [-0.3, -0.25) is 19.3 Å². The van der Waals surface area contributed by atoms with Crippen LogP contribution in [0.1, 0.15) is 36.2 Å². The van der Waals surface area contributed by atoms with Crippen LogP contribution in [0.5, 0.6) is 0 Å². The van der Waals surface area contributed by atoms with Gasteiger partial charge in [-0.2, -0.15) is 0 Å². The molecular weight excluding hydrogens is 416 g/mol. The summed E-state index contributed by atoms with van der Waals surface area (Å²) >= 11 is 0. The van der Waals surface area contributed by atoms with Crippen LogP contribution in [-0.4, -0.2) is 66.3 Å². The van der Waals surface area contributed by atoms with Gasteiger partial charge in [-0.1, -0.05) is 56.2 Å². The Labute approximate surface area is 196 Å². The van der Waals surface area contributed by atoms with Gasteiger partial charge in [0, 0.05) is 37.4 Å². The molecule has 33 heavy (non-hydrogen) atoms. The zero-order valence-corrected chi connectivity index (χ0v) is 19.7. The fourth-order valence-electron chi connectivity index (χ4n) is 3.86. The van der Waals surface area contributed by atoms with Gasteiger partial charge < -0.3 is 15.5 Å². The van der Waals surface area contributed by atoms with Gasteiger partial charge in [-0.05, 0) is 37.1 Å². The zero-order chi connectivity index (χ0) is 23.8. The van der Waals surface area contributed by atoms with Crippen LogP contribution in [0.2, 0.25) is 0 Å². The lowest BCUT2D eigenvalue weighted by Crippen LogP contribution is -2.57. The Morgan fingerprint density at radius 3 is 2.18 bits per heavy atom. The van der Waals surface area contributed by atoms with Crippen LogP contribution in [0, 0.1) is 12.8 Å². The summed E-state index contributed by atoms with van der Waals surface area (Å²) in [5, 5.41) is 5.87. The van der Waals surface area contributed by atoms with Crippen LogP contribution in [-0.2, 0) is 9.59 Å². The molecule has 0 bridgehead atoms. The van der Waals surface area contributed by atoms with Crippen molar-refractivity contribution in [2.75, 3.05) is 38.0 Å². The molecule has 1 aliphatic rings. The van der Waals surface area contributed by atoms with Gasteiger partial charge in [0.25, 0.3) is 5.91 Å². The Morgan fingerprint density at radius 2 is 1.58 bits per heavy atom. The highest BCUT2D eigenvalue weighted by Gasteiger charge is 2.32. The van der Waals surface area contributed by atoms with Crippen molar-refractivity contribution in [2.24, 2.45) is 5.92 Å². The summed E-state index contributed by atoms with van der Waals surface area (Å²) < 4.78 is 0. The molecule has 3 amide bonds. The summed E-state index contributed by atoms with van der Waals surface area (Å²) in [6.07, 6.45) is 0.782. The molecule has 2 aromatic carbocycles. The number of nitrogens with one attached hydrogen (secondary N) is 2. The van der Waals surface area contributed by atoms with E-state index in [9.17, 15) is 14.4 Å². The van der Waals surface area contributed by atoms with Gasteiger partial charge in [0.2, 0.25) is 11.8 Å². The minimum Gasteiger partial charge on any atom is -0.340 e. The molecular formula is C26H34N4O3. The van der Waals surface area contributed by atoms with Crippen molar-refractivity contribution in [3.8, 4) is 0 Å². The summed E-state index contributed by atoms with van der Waals surface area (Å²) in [5.41, 5.74) is 2.47. The number of piperazine rings is 1. The molecule has 2 N–H and O–H groups in total. The molecule has 0 saturated carbocycles. The second-order valence-electron chi connectivity index (χ2n) is 8.72. The van der Waals surface area contributed by atoms with E-state index in [0.29, 0.717) is 31.7 Å². The van der Waals surface area contributed by atoms with E-state index in [1.165, 1.54) is 0 Å². The van der Waals surface area contributed by atoms with Crippen LogP contribution in [0.15, 0.2) is 54.6 Å². The maximum Gasteiger partial charge on any atom is 0.251 e. The van der Waals surface area contributed by atoms with Crippen molar-refractivity contribution in [3.63, 3.8) is 0 Å². The molecule has 1 heterocycles. The number of hydrogen-bond donors (Lipinski definition) is 2. The number of carbonyl (C=O) groups excluding carboxylic acids is 3. The Morgan fingerprint density at radius 1 is 0.939 bits per heavy atom. The number of nitrogens with zero attached hydrogens (tertiary/aromatic N) is 2. The van der Waals surface area contributed by atoms with E-state index in [1.54, 1.807) is 17.0 Å². The summed E-state index contributed by atoms with van der Waals surface area (Å²) in [6, 6.07) is 16.1. The average Bonchev–Trinajstić information content (AvgIpc) is 2.84. The Kier molecular flexibility index (Phi) is 8.60. The Bertz CT molecular complexity index is 938. The van der Waals surface area contributed by atoms with Gasteiger partial charge in [0.05, 0.1) is 6.54 Å². The number of aryl methyl sites for hydroxylation is 1. The SMILES string of the molecule is CC[C@@H](C)[C@@H](NC(=O)c1ccccc1)C(=O)N1CCN(CC(=O)Nc2ccc(C)cc2)CC1. The van der Waals surface area contributed by atoms with E-state index in [1.807, 2.05) is 68.1 Å². The molecule has 1 saturated heterocycles. The van der Waals surface area contributed by atoms with E-state index < -0.39 is 6.04 Å². The van der Waals surface area contributed by atoms with Crippen molar-refractivity contribution < 1.29 is 14.4 Å². The van der Waals surface area contributed by atoms with Crippen LogP contribution in [0.3, 0.4) is 0 Å². The molecule has 3 rings (SSSR count). The first-order valence-corrected chi connectivity index (χ1v) is 11.6. The lowest BCUT2D eigenvalue weighted by molar-refractivity contribution is -0.136. The molecule has 2 atom stereocenters. The third-order valence-corrected chi connectivity index (χ3v) is 6.19. The van der Waals surface area contributed by atoms with Crippen molar-refractivity contribution in [1.29, 1.82) is 0 Å². The van der Waals surface area contributed by atoms with E-state index >= 15 is 0 Å². The second-order valence-corrected chi connectivity index (χ2v) is 8.72. The maximum absolute atomic E-state index is 13.3. The molecule has 1 aliphatic heterocycles. The molecule has 2 aromatic rings. The van der Waals surface area contributed by atoms with Gasteiger partial charge in [-0.25, -0.2) is 0 Å². The van der Waals surface area contributed by atoms with E-state index in [-0.39, 0.29) is 30.2 Å². The molecule has 0 aromatic heterocycles. The summed E-state index contributed by atoms with van der Waals surface area (Å²) in [7, 11) is 0. The van der Waals surface area contributed by atoms with Crippen LogP contribution >= 0.6 is 0 Å². The van der Waals surface area contributed by atoms with Crippen molar-refractivity contribution in [1.82, 2.24) is 15.1 Å². The van der Waals surface area contributed by atoms with E-state index in [4.69, 9.17) is 0 Å². The Hall–Kier alpha value is -3.19. The standard InChI is InChI=1S/C26H34N4O3/c1-4-20(3)24(28-25(32)21-8-6-5-7-9-21)26(33)30-16-14-29(15-17-30)18-23(31)27-22-12-10-19(2)11-13-22/h5-13,20,24H,4,14-18H2,1-3H3,(H,27,31)(H,28,32)/t20-,24-/m1/s1. The fourth-order valence-corrected chi connectivity index (χ4v) is 3.86. The molecule has 0 radical (unpaired) electrons. The van der Waals surface area contributed by atoms with Crippen molar-refractivity contribution >= 4 is 23.4 Å². The molecule has 176 valence electrons. The predicted octanol–water partition coefficient (Wildman–Crippen LogP) is 2.92. The largest absolute Gasteiger partial charge is 0.340 e. The number of carbonyl (C=O) groups is 3. The number of rotatable bonds is 8. The third-order valence-electron chi connectivity index (χ3n) is 6.19. The van der Waals surface area contributed by atoms with Crippen molar-refractivity contribution in [3.05, 3.63) is 65.7 Å². The lowest BCUT2D eigenvalue weighted by Gasteiger charge is -2.37. The zero-order valence-electron chi connectivity index (χ0n) is 19.7. The number of anilines is 1. The molecule has 0 aliphatic carbocycles. The van der Waals surface area contributed by atoms with Gasteiger partial charge in [-0.15, -0.1) is 0 Å². The second kappa shape index (κ2) is 11.6. The normalized spacial score (nSPS) is 16.0. The summed E-state index contributed by atoms with van der Waals surface area (Å²) in [6.45, 7) is 8.60. The first-order valence-electron chi connectivity index (χ1n) is 11.6. The number of amides is 3. The smallest absolute Gasteiger partial charge is 0.251 e. The van der Waals surface area contributed by atoms with E-state index in [2.05, 4.69) is 10.6 Å². The summed E-state index contributed by atoms with van der Waals surface area (Å²) in [4.78, 5) is 42.2. The minimum atomic E-state index is -0.570. The maximum atomic E-state index is 13.3. The first-order chi connectivity index (χ1) is 15.9. The number of benzene rings is 2. The molecule has 7 heteroatoms. The topological polar surface area (TPSA) is 81.8 Å². The lowest BCUT2D eigenvalue weighted by atomic mass is 9.97. The van der Waals surface area contributed by atoms with Crippen LogP contribution in [0.25, 0.3) is 0 Å². The van der Waals surface area contributed by atoms with Gasteiger partial charge in [0.15, 0.2) is 0 Å². The van der Waals surface area contributed by atoms with Gasteiger partial charge in [0.1, 0.15) is 6.04 Å². The van der Waals surface area contributed by atoms with Crippen LogP contribution in [0.4, 0.5) is 5.69 Å². The number of hydrogen-bond acceptors (Lipinski definition) is 4. The molecule has 0 unspecified atom stereocenters. The first kappa shape index (κ1) is 24.5. The van der Waals surface area contributed by atoms with Gasteiger partial charge >= 0.3 is 0 Å². The van der Waals surface area contributed by atoms with Crippen LogP contribution < -0.4 is 10.6 Å². The molecule has 7 nitrogen and oxygen atoms in total. The molecule has 1 fully saturated rings. The third kappa shape index (κ3) is 6.89. The minimum absolute atomic E-state index is 0.0171. The Balaban J connectivity index is 1.52. The highest BCUT2D eigenvalue weighted by Crippen LogP contribution is 2.15. The average molecular weight is 451 g/mol. The molecule has 0 spiro atoms. The monoisotopic (exact) mass is 450 g/mol. The van der Waals surface area contributed by atoms with Crippen molar-refractivity contribution in [2.45, 2.75) is 33.2 Å². The quantitative estimate of drug-likeness (QED) is 0.648. The van der Waals surface area contributed by atoms with E-state index in [0.717, 1.165) is 17.7 Å². The summed E-state index contributed by atoms with van der Waals surface area (Å²) in [5.74, 6) is -0.340. The fraction of sp³-hybridized carbons (Fsp3) is 0.423. The highest BCUT2D eigenvalue weighted by molar-refractivity contribution is 5.97. The predicted molar refractivity (Wildman–Crippen MR) is 130 cm³/mol. The highest BCUT2D eigenvalue weighted by atomic mass is 16.2.